The summed E-state index contributed by atoms with van der Waals surface area (Å²) in [5.41, 5.74) is 5.85. The van der Waals surface area contributed by atoms with Crippen LogP contribution in [-0.4, -0.2) is 26.8 Å². The first kappa shape index (κ1) is 13.1. The molecule has 0 heterocycles. The molecule has 6 heteroatoms. The van der Waals surface area contributed by atoms with Crippen LogP contribution in [0.15, 0.2) is 17.0 Å². The Morgan fingerprint density at radius 2 is 1.94 bits per heavy atom. The molecule has 0 fully saturated rings. The van der Waals surface area contributed by atoms with Crippen LogP contribution < -0.4 is 5.73 Å². The summed E-state index contributed by atoms with van der Waals surface area (Å²) in [7, 11) is -0.684. The number of rotatable bonds is 3. The normalized spacial score (nSPS) is 12.1. The molecule has 2 N–H and O–H groups in total. The molecule has 4 nitrogen and oxygen atoms in total. The number of benzene rings is 1. The fraction of sp³-hybridized carbons (Fsp3) is 0.400. The van der Waals surface area contributed by atoms with Crippen molar-refractivity contribution in [2.45, 2.75) is 18.4 Å². The highest BCUT2D eigenvalue weighted by atomic mass is 32.2. The van der Waals surface area contributed by atoms with Crippen LogP contribution >= 0.6 is 0 Å². The van der Waals surface area contributed by atoms with Crippen LogP contribution in [-0.2, 0) is 16.6 Å². The van der Waals surface area contributed by atoms with E-state index in [1.807, 2.05) is 0 Å². The van der Waals surface area contributed by atoms with Gasteiger partial charge in [-0.25, -0.2) is 17.1 Å². The molecule has 0 aromatic heterocycles. The highest BCUT2D eigenvalue weighted by Gasteiger charge is 2.19. The first-order valence-electron chi connectivity index (χ1n) is 4.72. The molecule has 1 aromatic carbocycles. The summed E-state index contributed by atoms with van der Waals surface area (Å²) in [6.45, 7) is 1.49. The number of nitrogens with zero attached hydrogens (tertiary/aromatic N) is 1. The van der Waals surface area contributed by atoms with Gasteiger partial charge < -0.3 is 5.73 Å². The molecule has 0 radical (unpaired) electrons. The Morgan fingerprint density at radius 1 is 1.38 bits per heavy atom. The molecule has 0 saturated carbocycles. The lowest BCUT2D eigenvalue weighted by Gasteiger charge is -2.13. The Balaban J connectivity index is 3.44. The van der Waals surface area contributed by atoms with Crippen LogP contribution in [0.3, 0.4) is 0 Å². The van der Waals surface area contributed by atoms with E-state index in [0.717, 1.165) is 4.31 Å². The van der Waals surface area contributed by atoms with E-state index >= 15 is 0 Å². The summed E-state index contributed by atoms with van der Waals surface area (Å²) < 4.78 is 38.2. The van der Waals surface area contributed by atoms with Gasteiger partial charge in [-0.05, 0) is 24.6 Å². The number of hydrogen-bond acceptors (Lipinski definition) is 3. The number of aryl methyl sites for hydroxylation is 1. The molecule has 0 amide bonds. The molecule has 0 spiro atoms. The van der Waals surface area contributed by atoms with Crippen LogP contribution in [0.25, 0.3) is 0 Å². The fourth-order valence-corrected chi connectivity index (χ4v) is 2.35. The largest absolute Gasteiger partial charge is 0.326 e. The summed E-state index contributed by atoms with van der Waals surface area (Å²) in [6, 6.07) is 2.58. The van der Waals surface area contributed by atoms with Crippen molar-refractivity contribution in [3.63, 3.8) is 0 Å². The predicted molar refractivity (Wildman–Crippen MR) is 59.9 cm³/mol. The van der Waals surface area contributed by atoms with Gasteiger partial charge in [-0.1, -0.05) is 0 Å². The summed E-state index contributed by atoms with van der Waals surface area (Å²) in [4.78, 5) is 0.0665. The van der Waals surface area contributed by atoms with Gasteiger partial charge in [0, 0.05) is 26.2 Å². The zero-order valence-electron chi connectivity index (χ0n) is 9.49. The topological polar surface area (TPSA) is 63.4 Å². The third-order valence-electron chi connectivity index (χ3n) is 2.30. The lowest BCUT2D eigenvalue weighted by Crippen LogP contribution is -2.22. The molecule has 0 aliphatic rings. The Hall–Kier alpha value is -0.980. The molecular formula is C10H15FN2O2S. The van der Waals surface area contributed by atoms with Gasteiger partial charge in [0.2, 0.25) is 10.0 Å². The van der Waals surface area contributed by atoms with Gasteiger partial charge in [-0.15, -0.1) is 0 Å². The van der Waals surface area contributed by atoms with Crippen molar-refractivity contribution in [2.75, 3.05) is 14.1 Å². The minimum atomic E-state index is -3.54. The molecule has 0 atom stereocenters. The SMILES string of the molecule is Cc1cc(S(=O)(=O)N(C)C)cc(CN)c1F. The molecule has 1 aromatic rings. The smallest absolute Gasteiger partial charge is 0.242 e. The molecule has 1 rings (SSSR count). The number of hydrogen-bond donors (Lipinski definition) is 1. The van der Waals surface area contributed by atoms with Crippen LogP contribution in [0.4, 0.5) is 4.39 Å². The van der Waals surface area contributed by atoms with E-state index < -0.39 is 15.8 Å². The fourth-order valence-electron chi connectivity index (χ4n) is 1.32. The third-order valence-corrected chi connectivity index (χ3v) is 4.09. The van der Waals surface area contributed by atoms with E-state index in [1.54, 1.807) is 0 Å². The molecule has 0 saturated heterocycles. The van der Waals surface area contributed by atoms with Gasteiger partial charge in [0.05, 0.1) is 4.90 Å². The molecular weight excluding hydrogens is 231 g/mol. The van der Waals surface area contributed by atoms with E-state index in [1.165, 1.54) is 33.2 Å². The van der Waals surface area contributed by atoms with Gasteiger partial charge >= 0.3 is 0 Å². The average Bonchev–Trinajstić information content (AvgIpc) is 2.21. The van der Waals surface area contributed by atoms with Crippen molar-refractivity contribution in [1.82, 2.24) is 4.31 Å². The second kappa shape index (κ2) is 4.48. The second-order valence-electron chi connectivity index (χ2n) is 3.70. The van der Waals surface area contributed by atoms with Crippen molar-refractivity contribution >= 4 is 10.0 Å². The zero-order valence-corrected chi connectivity index (χ0v) is 10.3. The van der Waals surface area contributed by atoms with Gasteiger partial charge in [-0.3, -0.25) is 0 Å². The monoisotopic (exact) mass is 246 g/mol. The highest BCUT2D eigenvalue weighted by Crippen LogP contribution is 2.20. The number of halogens is 1. The maximum Gasteiger partial charge on any atom is 0.242 e. The first-order chi connectivity index (χ1) is 7.30. The number of nitrogens with two attached hydrogens (primary N) is 1. The van der Waals surface area contributed by atoms with Crippen LogP contribution in [0, 0.1) is 12.7 Å². The Kier molecular flexibility index (Phi) is 3.67. The lowest BCUT2D eigenvalue weighted by molar-refractivity contribution is 0.519. The summed E-state index contributed by atoms with van der Waals surface area (Å²) >= 11 is 0. The molecule has 0 aliphatic heterocycles. The minimum absolute atomic E-state index is 0.0243. The Labute approximate surface area is 94.9 Å². The molecule has 0 unspecified atom stereocenters. The van der Waals surface area contributed by atoms with Crippen molar-refractivity contribution in [2.24, 2.45) is 5.73 Å². The quantitative estimate of drug-likeness (QED) is 0.859. The second-order valence-corrected chi connectivity index (χ2v) is 5.86. The molecule has 0 aliphatic carbocycles. The van der Waals surface area contributed by atoms with Crippen LogP contribution in [0.1, 0.15) is 11.1 Å². The van der Waals surface area contributed by atoms with E-state index in [4.69, 9.17) is 5.73 Å². The van der Waals surface area contributed by atoms with Gasteiger partial charge in [0.1, 0.15) is 5.82 Å². The van der Waals surface area contributed by atoms with Gasteiger partial charge in [0.15, 0.2) is 0 Å². The van der Waals surface area contributed by atoms with Gasteiger partial charge in [0.25, 0.3) is 0 Å². The third kappa shape index (κ3) is 2.23. The van der Waals surface area contributed by atoms with Crippen molar-refractivity contribution < 1.29 is 12.8 Å². The summed E-state index contributed by atoms with van der Waals surface area (Å²) in [6.07, 6.45) is 0. The standard InChI is InChI=1S/C10H15FN2O2S/c1-7-4-9(16(14,15)13(2)3)5-8(6-12)10(7)11/h4-5H,6,12H2,1-3H3. The minimum Gasteiger partial charge on any atom is -0.326 e. The summed E-state index contributed by atoms with van der Waals surface area (Å²) in [5.74, 6) is -0.444. The van der Waals surface area contributed by atoms with Crippen LogP contribution in [0.2, 0.25) is 0 Å². The van der Waals surface area contributed by atoms with Crippen molar-refractivity contribution in [3.8, 4) is 0 Å². The maximum atomic E-state index is 13.5. The Bertz CT molecular complexity index is 498. The first-order valence-corrected chi connectivity index (χ1v) is 6.16. The summed E-state index contributed by atoms with van der Waals surface area (Å²) in [5, 5.41) is 0. The average molecular weight is 246 g/mol. The zero-order chi connectivity index (χ0) is 12.5. The van der Waals surface area contributed by atoms with E-state index in [9.17, 15) is 12.8 Å². The number of sulfonamides is 1. The van der Waals surface area contributed by atoms with Gasteiger partial charge in [-0.2, -0.15) is 0 Å². The molecule has 16 heavy (non-hydrogen) atoms. The highest BCUT2D eigenvalue weighted by molar-refractivity contribution is 7.89. The van der Waals surface area contributed by atoms with Crippen molar-refractivity contribution in [1.29, 1.82) is 0 Å². The van der Waals surface area contributed by atoms with E-state index in [-0.39, 0.29) is 22.6 Å². The molecule has 0 bridgehead atoms. The molecule has 90 valence electrons. The van der Waals surface area contributed by atoms with Crippen LogP contribution in [0.5, 0.6) is 0 Å². The van der Waals surface area contributed by atoms with Crippen molar-refractivity contribution in [3.05, 3.63) is 29.1 Å². The Morgan fingerprint density at radius 3 is 2.38 bits per heavy atom. The van der Waals surface area contributed by atoms with E-state index in [0.29, 0.717) is 0 Å². The predicted octanol–water partition coefficient (Wildman–Crippen LogP) is 0.843. The lowest BCUT2D eigenvalue weighted by atomic mass is 10.1. The maximum absolute atomic E-state index is 13.5. The van der Waals surface area contributed by atoms with E-state index in [2.05, 4.69) is 0 Å².